The molecule has 5 nitrogen and oxygen atoms in total. The molecular weight excluding hydrogens is 240 g/mol. The molecule has 100 valence electrons. The number of amides is 1. The lowest BCUT2D eigenvalue weighted by molar-refractivity contribution is 0.0949. The van der Waals surface area contributed by atoms with Gasteiger partial charge in [0, 0.05) is 37.7 Å². The van der Waals surface area contributed by atoms with Gasteiger partial charge >= 0.3 is 0 Å². The van der Waals surface area contributed by atoms with Crippen LogP contribution in [0.15, 0.2) is 30.6 Å². The predicted octanol–water partition coefficient (Wildman–Crippen LogP) is 1.70. The fourth-order valence-electron chi connectivity index (χ4n) is 1.90. The third-order valence-electron chi connectivity index (χ3n) is 3.09. The average Bonchev–Trinajstić information content (AvgIpc) is 2.81. The lowest BCUT2D eigenvalue weighted by Gasteiger charge is -2.09. The monoisotopic (exact) mass is 258 g/mol. The third kappa shape index (κ3) is 2.93. The molecular formula is C14H18N4O. The number of rotatable bonds is 4. The van der Waals surface area contributed by atoms with Crippen LogP contribution in [0.5, 0.6) is 0 Å². The number of imidazole rings is 1. The number of benzene rings is 1. The van der Waals surface area contributed by atoms with Gasteiger partial charge in [-0.25, -0.2) is 4.98 Å². The fourth-order valence-corrected chi connectivity index (χ4v) is 1.90. The van der Waals surface area contributed by atoms with Gasteiger partial charge in [-0.1, -0.05) is 0 Å². The second kappa shape index (κ2) is 5.56. The van der Waals surface area contributed by atoms with Crippen LogP contribution in [0.2, 0.25) is 0 Å². The minimum absolute atomic E-state index is 0.0804. The minimum atomic E-state index is -0.0804. The average molecular weight is 258 g/mol. The maximum Gasteiger partial charge on any atom is 0.251 e. The summed E-state index contributed by atoms with van der Waals surface area (Å²) < 4.78 is 1.89. The zero-order valence-corrected chi connectivity index (χ0v) is 11.4. The number of anilines is 1. The molecule has 0 aliphatic rings. The smallest absolute Gasteiger partial charge is 0.251 e. The molecule has 0 unspecified atom stereocenters. The molecule has 2 N–H and O–H groups in total. The molecule has 2 rings (SSSR count). The number of aryl methyl sites for hydroxylation is 2. The van der Waals surface area contributed by atoms with E-state index in [-0.39, 0.29) is 5.91 Å². The van der Waals surface area contributed by atoms with Crippen molar-refractivity contribution in [1.82, 2.24) is 14.9 Å². The van der Waals surface area contributed by atoms with Crippen molar-refractivity contribution >= 4 is 11.6 Å². The summed E-state index contributed by atoms with van der Waals surface area (Å²) in [5, 5.41) is 5.93. The van der Waals surface area contributed by atoms with E-state index in [1.807, 2.05) is 50.0 Å². The number of carbonyl (C=O) groups excluding carboxylic acids is 1. The molecule has 1 heterocycles. The van der Waals surface area contributed by atoms with Crippen molar-refractivity contribution in [2.75, 3.05) is 12.4 Å². The van der Waals surface area contributed by atoms with Gasteiger partial charge in [0.2, 0.25) is 0 Å². The Balaban J connectivity index is 2.06. The van der Waals surface area contributed by atoms with Gasteiger partial charge in [0.05, 0.1) is 6.54 Å². The fraction of sp³-hybridized carbons (Fsp3) is 0.286. The van der Waals surface area contributed by atoms with Crippen molar-refractivity contribution in [2.45, 2.75) is 13.5 Å². The van der Waals surface area contributed by atoms with Crippen molar-refractivity contribution in [1.29, 1.82) is 0 Å². The quantitative estimate of drug-likeness (QED) is 0.877. The Labute approximate surface area is 112 Å². The standard InChI is InChI=1S/C14H18N4O/c1-10-8-11(15-2)4-5-12(10)14(19)17-9-13-16-6-7-18(13)3/h4-8,15H,9H2,1-3H3,(H,17,19). The first-order valence-electron chi connectivity index (χ1n) is 6.14. The Bertz CT molecular complexity index is 589. The molecule has 0 bridgehead atoms. The van der Waals surface area contributed by atoms with Crippen LogP contribution in [-0.2, 0) is 13.6 Å². The first kappa shape index (κ1) is 13.1. The van der Waals surface area contributed by atoms with E-state index in [1.165, 1.54) is 0 Å². The lowest BCUT2D eigenvalue weighted by Crippen LogP contribution is -2.25. The third-order valence-corrected chi connectivity index (χ3v) is 3.09. The highest BCUT2D eigenvalue weighted by atomic mass is 16.1. The molecule has 2 aromatic rings. The Hall–Kier alpha value is -2.30. The number of nitrogens with one attached hydrogen (secondary N) is 2. The van der Waals surface area contributed by atoms with Gasteiger partial charge in [0.25, 0.3) is 5.91 Å². The second-order valence-corrected chi connectivity index (χ2v) is 4.42. The molecule has 1 aromatic heterocycles. The molecule has 0 saturated heterocycles. The van der Waals surface area contributed by atoms with E-state index in [0.717, 1.165) is 17.1 Å². The predicted molar refractivity (Wildman–Crippen MR) is 75.1 cm³/mol. The number of aromatic nitrogens is 2. The van der Waals surface area contributed by atoms with Crippen LogP contribution < -0.4 is 10.6 Å². The van der Waals surface area contributed by atoms with E-state index in [2.05, 4.69) is 15.6 Å². The van der Waals surface area contributed by atoms with Crippen LogP contribution in [0.25, 0.3) is 0 Å². The molecule has 19 heavy (non-hydrogen) atoms. The number of hydrogen-bond acceptors (Lipinski definition) is 3. The van der Waals surface area contributed by atoms with Crippen LogP contribution in [0.4, 0.5) is 5.69 Å². The SMILES string of the molecule is CNc1ccc(C(=O)NCc2nccn2C)c(C)c1. The number of nitrogens with zero attached hydrogens (tertiary/aromatic N) is 2. The van der Waals surface area contributed by atoms with Crippen molar-refractivity contribution in [3.8, 4) is 0 Å². The van der Waals surface area contributed by atoms with Gasteiger partial charge in [-0.05, 0) is 30.7 Å². The van der Waals surface area contributed by atoms with Crippen molar-refractivity contribution in [3.63, 3.8) is 0 Å². The summed E-state index contributed by atoms with van der Waals surface area (Å²) in [4.78, 5) is 16.3. The van der Waals surface area contributed by atoms with Crippen molar-refractivity contribution in [2.24, 2.45) is 7.05 Å². The van der Waals surface area contributed by atoms with E-state index in [4.69, 9.17) is 0 Å². The molecule has 0 aliphatic carbocycles. The van der Waals surface area contributed by atoms with Crippen LogP contribution in [0, 0.1) is 6.92 Å². The van der Waals surface area contributed by atoms with E-state index in [9.17, 15) is 4.79 Å². The van der Waals surface area contributed by atoms with Crippen LogP contribution in [-0.4, -0.2) is 22.5 Å². The van der Waals surface area contributed by atoms with Crippen LogP contribution >= 0.6 is 0 Å². The van der Waals surface area contributed by atoms with Crippen LogP contribution in [0.3, 0.4) is 0 Å². The van der Waals surface area contributed by atoms with Crippen molar-refractivity contribution < 1.29 is 4.79 Å². The molecule has 5 heteroatoms. The van der Waals surface area contributed by atoms with Gasteiger partial charge < -0.3 is 15.2 Å². The van der Waals surface area contributed by atoms with E-state index in [0.29, 0.717) is 12.1 Å². The zero-order chi connectivity index (χ0) is 13.8. The lowest BCUT2D eigenvalue weighted by atomic mass is 10.1. The van der Waals surface area contributed by atoms with Gasteiger partial charge in [-0.3, -0.25) is 4.79 Å². The summed E-state index contributed by atoms with van der Waals surface area (Å²) in [6.45, 7) is 2.35. The second-order valence-electron chi connectivity index (χ2n) is 4.42. The summed E-state index contributed by atoms with van der Waals surface area (Å²) in [5.41, 5.74) is 2.63. The Kier molecular flexibility index (Phi) is 3.85. The molecule has 0 atom stereocenters. The topological polar surface area (TPSA) is 59.0 Å². The summed E-state index contributed by atoms with van der Waals surface area (Å²) in [5.74, 6) is 0.751. The zero-order valence-electron chi connectivity index (χ0n) is 11.4. The molecule has 0 radical (unpaired) electrons. The summed E-state index contributed by atoms with van der Waals surface area (Å²) >= 11 is 0. The maximum atomic E-state index is 12.1. The summed E-state index contributed by atoms with van der Waals surface area (Å²) in [6, 6.07) is 5.67. The number of hydrogen-bond donors (Lipinski definition) is 2. The highest BCUT2D eigenvalue weighted by molar-refractivity contribution is 5.95. The van der Waals surface area contributed by atoms with Crippen molar-refractivity contribution in [3.05, 3.63) is 47.5 Å². The van der Waals surface area contributed by atoms with Gasteiger partial charge in [-0.15, -0.1) is 0 Å². The first-order chi connectivity index (χ1) is 9.11. The number of carbonyl (C=O) groups is 1. The minimum Gasteiger partial charge on any atom is -0.388 e. The van der Waals surface area contributed by atoms with E-state index in [1.54, 1.807) is 6.20 Å². The summed E-state index contributed by atoms with van der Waals surface area (Å²) in [7, 11) is 3.76. The first-order valence-corrected chi connectivity index (χ1v) is 6.14. The van der Waals surface area contributed by atoms with Gasteiger partial charge in [-0.2, -0.15) is 0 Å². The van der Waals surface area contributed by atoms with Crippen LogP contribution in [0.1, 0.15) is 21.7 Å². The van der Waals surface area contributed by atoms with Gasteiger partial charge in [0.1, 0.15) is 5.82 Å². The van der Waals surface area contributed by atoms with Gasteiger partial charge in [0.15, 0.2) is 0 Å². The molecule has 0 aliphatic heterocycles. The molecule has 1 aromatic carbocycles. The molecule has 0 fully saturated rings. The molecule has 0 spiro atoms. The highest BCUT2D eigenvalue weighted by Gasteiger charge is 2.10. The normalized spacial score (nSPS) is 10.3. The Morgan fingerprint density at radius 2 is 2.21 bits per heavy atom. The molecule has 1 amide bonds. The maximum absolute atomic E-state index is 12.1. The Morgan fingerprint density at radius 3 is 2.79 bits per heavy atom. The summed E-state index contributed by atoms with van der Waals surface area (Å²) in [6.07, 6.45) is 3.57. The largest absolute Gasteiger partial charge is 0.388 e. The highest BCUT2D eigenvalue weighted by Crippen LogP contribution is 2.14. The molecule has 0 saturated carbocycles. The van der Waals surface area contributed by atoms with E-state index >= 15 is 0 Å². The van der Waals surface area contributed by atoms with E-state index < -0.39 is 0 Å². The Morgan fingerprint density at radius 1 is 1.42 bits per heavy atom.